The van der Waals surface area contributed by atoms with Gasteiger partial charge in [0.2, 0.25) is 0 Å². The third-order valence-corrected chi connectivity index (χ3v) is 4.53. The maximum absolute atomic E-state index is 12.1. The van der Waals surface area contributed by atoms with Crippen LogP contribution >= 0.6 is 15.9 Å². The number of fused-ring (bicyclic) bond motifs is 1. The Balaban J connectivity index is 1.94. The summed E-state index contributed by atoms with van der Waals surface area (Å²) in [6, 6.07) is 5.54. The Hall–Kier alpha value is -1.16. The molecule has 1 saturated carbocycles. The lowest BCUT2D eigenvalue weighted by atomic mass is 10.1. The minimum absolute atomic E-state index is 0.371. The first-order valence-electron chi connectivity index (χ1n) is 6.33. The summed E-state index contributed by atoms with van der Waals surface area (Å²) in [7, 11) is 0. The van der Waals surface area contributed by atoms with E-state index < -0.39 is 0 Å². The molecule has 0 atom stereocenters. The molecule has 1 aromatic rings. The first kappa shape index (κ1) is 11.9. The zero-order valence-corrected chi connectivity index (χ0v) is 11.6. The number of ketones is 1. The SMILES string of the molecule is O=C1C(=O)N(CC2CCCC2)c2cccc(Br)c21. The van der Waals surface area contributed by atoms with Crippen LogP contribution < -0.4 is 4.90 Å². The lowest BCUT2D eigenvalue weighted by molar-refractivity contribution is -0.114. The third kappa shape index (κ3) is 1.79. The van der Waals surface area contributed by atoms with Gasteiger partial charge in [0.15, 0.2) is 0 Å². The Morgan fingerprint density at radius 1 is 1.22 bits per heavy atom. The maximum Gasteiger partial charge on any atom is 0.299 e. The van der Waals surface area contributed by atoms with Crippen molar-refractivity contribution in [1.82, 2.24) is 0 Å². The highest BCUT2D eigenvalue weighted by Crippen LogP contribution is 2.36. The van der Waals surface area contributed by atoms with E-state index in [9.17, 15) is 9.59 Å². The summed E-state index contributed by atoms with van der Waals surface area (Å²) in [4.78, 5) is 25.7. The molecular weight excluding hydrogens is 294 g/mol. The van der Waals surface area contributed by atoms with Crippen LogP contribution in [0.2, 0.25) is 0 Å². The number of carbonyl (C=O) groups excluding carboxylic acids is 2. The Kier molecular flexibility index (Phi) is 2.98. The summed E-state index contributed by atoms with van der Waals surface area (Å²) in [5.74, 6) is -0.203. The fraction of sp³-hybridized carbons (Fsp3) is 0.429. The summed E-state index contributed by atoms with van der Waals surface area (Å²) >= 11 is 3.36. The van der Waals surface area contributed by atoms with E-state index in [4.69, 9.17) is 0 Å². The number of benzene rings is 1. The van der Waals surface area contributed by atoms with Gasteiger partial charge in [-0.05, 0) is 46.8 Å². The summed E-state index contributed by atoms with van der Waals surface area (Å²) in [6.45, 7) is 0.689. The van der Waals surface area contributed by atoms with Gasteiger partial charge in [0.1, 0.15) is 0 Å². The molecule has 0 aromatic heterocycles. The number of Topliss-reactive ketones (excluding diaryl/α,β-unsaturated/α-hetero) is 1. The van der Waals surface area contributed by atoms with Crippen LogP contribution in [-0.4, -0.2) is 18.2 Å². The van der Waals surface area contributed by atoms with Crippen LogP contribution in [0.15, 0.2) is 22.7 Å². The largest absolute Gasteiger partial charge is 0.304 e. The van der Waals surface area contributed by atoms with Gasteiger partial charge in [-0.3, -0.25) is 9.59 Å². The molecule has 4 heteroatoms. The van der Waals surface area contributed by atoms with Gasteiger partial charge in [-0.1, -0.05) is 18.9 Å². The maximum atomic E-state index is 12.1. The average molecular weight is 308 g/mol. The molecule has 1 aliphatic heterocycles. The van der Waals surface area contributed by atoms with Gasteiger partial charge in [0.05, 0.1) is 11.3 Å². The van der Waals surface area contributed by atoms with Crippen molar-refractivity contribution in [3.05, 3.63) is 28.2 Å². The molecule has 3 nitrogen and oxygen atoms in total. The first-order chi connectivity index (χ1) is 8.68. The highest BCUT2D eigenvalue weighted by Gasteiger charge is 2.38. The van der Waals surface area contributed by atoms with Crippen LogP contribution in [0.3, 0.4) is 0 Å². The van der Waals surface area contributed by atoms with E-state index in [0.717, 1.165) is 5.69 Å². The minimum Gasteiger partial charge on any atom is -0.304 e. The number of rotatable bonds is 2. The second-order valence-electron chi connectivity index (χ2n) is 5.03. The Morgan fingerprint density at radius 2 is 1.94 bits per heavy atom. The van der Waals surface area contributed by atoms with E-state index in [2.05, 4.69) is 15.9 Å². The van der Waals surface area contributed by atoms with E-state index in [0.29, 0.717) is 22.5 Å². The van der Waals surface area contributed by atoms with Crippen LogP contribution in [0.4, 0.5) is 5.69 Å². The van der Waals surface area contributed by atoms with Crippen LogP contribution in [0.25, 0.3) is 0 Å². The normalized spacial score (nSPS) is 19.7. The van der Waals surface area contributed by atoms with E-state index in [-0.39, 0.29) is 11.7 Å². The topological polar surface area (TPSA) is 37.4 Å². The number of carbonyl (C=O) groups is 2. The van der Waals surface area contributed by atoms with Crippen molar-refractivity contribution in [2.24, 2.45) is 5.92 Å². The molecule has 94 valence electrons. The second kappa shape index (κ2) is 4.50. The molecular formula is C14H14BrNO2. The van der Waals surface area contributed by atoms with E-state index >= 15 is 0 Å². The second-order valence-corrected chi connectivity index (χ2v) is 5.88. The molecule has 1 fully saturated rings. The number of hydrogen-bond donors (Lipinski definition) is 0. The van der Waals surface area contributed by atoms with E-state index in [1.54, 1.807) is 4.90 Å². The van der Waals surface area contributed by atoms with Gasteiger partial charge < -0.3 is 4.90 Å². The average Bonchev–Trinajstić information content (AvgIpc) is 2.94. The zero-order chi connectivity index (χ0) is 12.7. The quantitative estimate of drug-likeness (QED) is 0.787. The van der Waals surface area contributed by atoms with Crippen molar-refractivity contribution in [3.8, 4) is 0 Å². The molecule has 0 saturated heterocycles. The van der Waals surface area contributed by atoms with Gasteiger partial charge >= 0.3 is 0 Å². The summed E-state index contributed by atoms with van der Waals surface area (Å²) in [6.07, 6.45) is 4.82. The summed E-state index contributed by atoms with van der Waals surface area (Å²) in [5.41, 5.74) is 1.30. The standard InChI is InChI=1S/C14H14BrNO2/c15-10-6-3-7-11-12(10)13(17)14(18)16(11)8-9-4-1-2-5-9/h3,6-7,9H,1-2,4-5,8H2. The van der Waals surface area contributed by atoms with Crippen molar-refractivity contribution in [1.29, 1.82) is 0 Å². The molecule has 18 heavy (non-hydrogen) atoms. The minimum atomic E-state index is -0.379. The molecule has 0 bridgehead atoms. The molecule has 1 aliphatic carbocycles. The number of nitrogens with zero attached hydrogens (tertiary/aromatic N) is 1. The first-order valence-corrected chi connectivity index (χ1v) is 7.12. The number of halogens is 1. The molecule has 0 radical (unpaired) electrons. The third-order valence-electron chi connectivity index (χ3n) is 3.86. The molecule has 0 spiro atoms. The van der Waals surface area contributed by atoms with Gasteiger partial charge in [0.25, 0.3) is 11.7 Å². The zero-order valence-electron chi connectivity index (χ0n) is 9.99. The monoisotopic (exact) mass is 307 g/mol. The highest BCUT2D eigenvalue weighted by molar-refractivity contribution is 9.10. The van der Waals surface area contributed by atoms with Gasteiger partial charge in [-0.15, -0.1) is 0 Å². The smallest absolute Gasteiger partial charge is 0.299 e. The van der Waals surface area contributed by atoms with Gasteiger partial charge in [-0.25, -0.2) is 0 Å². The molecule has 0 N–H and O–H groups in total. The lowest BCUT2D eigenvalue weighted by Crippen LogP contribution is -2.33. The predicted octanol–water partition coefficient (Wildman–Crippen LogP) is 3.17. The van der Waals surface area contributed by atoms with Crippen molar-refractivity contribution in [2.75, 3.05) is 11.4 Å². The molecule has 1 heterocycles. The van der Waals surface area contributed by atoms with Crippen molar-refractivity contribution >= 4 is 33.3 Å². The molecule has 1 amide bonds. The van der Waals surface area contributed by atoms with E-state index in [1.165, 1.54) is 25.7 Å². The van der Waals surface area contributed by atoms with E-state index in [1.807, 2.05) is 18.2 Å². The van der Waals surface area contributed by atoms with Crippen LogP contribution in [0, 0.1) is 5.92 Å². The van der Waals surface area contributed by atoms with Gasteiger partial charge in [0, 0.05) is 11.0 Å². The number of hydrogen-bond acceptors (Lipinski definition) is 2. The Morgan fingerprint density at radius 3 is 2.67 bits per heavy atom. The van der Waals surface area contributed by atoms with Crippen molar-refractivity contribution in [2.45, 2.75) is 25.7 Å². The summed E-state index contributed by atoms with van der Waals surface area (Å²) in [5, 5.41) is 0. The van der Waals surface area contributed by atoms with Crippen LogP contribution in [0.1, 0.15) is 36.0 Å². The molecule has 0 unspecified atom stereocenters. The van der Waals surface area contributed by atoms with Crippen molar-refractivity contribution in [3.63, 3.8) is 0 Å². The number of amides is 1. The highest BCUT2D eigenvalue weighted by atomic mass is 79.9. The fourth-order valence-corrected chi connectivity index (χ4v) is 3.47. The summed E-state index contributed by atoms with van der Waals surface area (Å²) < 4.78 is 0.715. The lowest BCUT2D eigenvalue weighted by Gasteiger charge is -2.20. The fourth-order valence-electron chi connectivity index (χ4n) is 2.93. The van der Waals surface area contributed by atoms with Crippen molar-refractivity contribution < 1.29 is 9.59 Å². The van der Waals surface area contributed by atoms with Gasteiger partial charge in [-0.2, -0.15) is 0 Å². The molecule has 3 rings (SSSR count). The molecule has 2 aliphatic rings. The number of anilines is 1. The van der Waals surface area contributed by atoms with Crippen LogP contribution in [-0.2, 0) is 4.79 Å². The Bertz CT molecular complexity index is 521. The predicted molar refractivity (Wildman–Crippen MR) is 72.8 cm³/mol. The molecule has 1 aromatic carbocycles. The Labute approximate surface area is 114 Å². The van der Waals surface area contributed by atoms with Crippen LogP contribution in [0.5, 0.6) is 0 Å².